The zero-order valence-electron chi connectivity index (χ0n) is 20.4. The number of hydrogen-bond donors (Lipinski definition) is 2. The van der Waals surface area contributed by atoms with E-state index in [4.69, 9.17) is 0 Å². The van der Waals surface area contributed by atoms with Crippen LogP contribution in [0, 0.1) is 5.92 Å². The van der Waals surface area contributed by atoms with E-state index in [2.05, 4.69) is 41.5 Å². The van der Waals surface area contributed by atoms with Crippen LogP contribution < -0.4 is 0 Å². The van der Waals surface area contributed by atoms with Crippen LogP contribution >= 0.6 is 0 Å². The number of carboxylic acid groups (broad SMARTS) is 1. The number of carbonyl (C=O) groups is 1. The van der Waals surface area contributed by atoms with Crippen LogP contribution in [0.25, 0.3) is 0 Å². The summed E-state index contributed by atoms with van der Waals surface area (Å²) in [6.45, 7) is 12.7. The summed E-state index contributed by atoms with van der Waals surface area (Å²) in [5, 5.41) is 20.5. The van der Waals surface area contributed by atoms with Crippen LogP contribution in [0.2, 0.25) is 0 Å². The van der Waals surface area contributed by atoms with Gasteiger partial charge < -0.3 is 10.2 Å². The molecule has 0 radical (unpaired) electrons. The van der Waals surface area contributed by atoms with Gasteiger partial charge in [0.2, 0.25) is 0 Å². The molecule has 0 heterocycles. The van der Waals surface area contributed by atoms with Gasteiger partial charge in [0.05, 0.1) is 5.92 Å². The van der Waals surface area contributed by atoms with Crippen molar-refractivity contribution in [3.8, 4) is 5.75 Å². The first-order chi connectivity index (χ1) is 14.1. The molecule has 3 heteroatoms. The summed E-state index contributed by atoms with van der Waals surface area (Å²) in [5.41, 5.74) is 2.69. The second kappa shape index (κ2) is 13.0. The molecule has 1 unspecified atom stereocenters. The van der Waals surface area contributed by atoms with Crippen molar-refractivity contribution in [3.05, 3.63) is 28.8 Å². The Hall–Kier alpha value is -1.51. The number of hydrogen-bond acceptors (Lipinski definition) is 2. The molecule has 1 atom stereocenters. The Labute approximate surface area is 185 Å². The van der Waals surface area contributed by atoms with Crippen molar-refractivity contribution < 1.29 is 15.0 Å². The van der Waals surface area contributed by atoms with E-state index in [1.54, 1.807) is 0 Å². The Kier molecular flexibility index (Phi) is 11.5. The highest BCUT2D eigenvalue weighted by molar-refractivity contribution is 5.70. The molecule has 0 aromatic heterocycles. The van der Waals surface area contributed by atoms with Gasteiger partial charge >= 0.3 is 5.97 Å². The number of aliphatic carboxylic acids is 1. The van der Waals surface area contributed by atoms with Crippen LogP contribution in [-0.4, -0.2) is 16.2 Å². The third-order valence-electron chi connectivity index (χ3n) is 6.12. The van der Waals surface area contributed by atoms with Crippen LogP contribution in [0.15, 0.2) is 12.1 Å². The molecule has 0 fully saturated rings. The average molecular weight is 419 g/mol. The largest absolute Gasteiger partial charge is 0.507 e. The molecule has 30 heavy (non-hydrogen) atoms. The highest BCUT2D eigenvalue weighted by Gasteiger charge is 2.24. The fourth-order valence-corrected chi connectivity index (χ4v) is 4.15. The molecule has 0 amide bonds. The SMILES string of the molecule is CCCCCCCCCCCC(Cc1cc(C(C)C)c(O)c(C(C)(C)C)c1)C(=O)O. The van der Waals surface area contributed by atoms with Gasteiger partial charge in [-0.1, -0.05) is 111 Å². The Balaban J connectivity index is 2.68. The second-order valence-electron chi connectivity index (χ2n) is 10.3. The lowest BCUT2D eigenvalue weighted by atomic mass is 9.81. The molecular formula is C27H46O3. The minimum atomic E-state index is -0.703. The van der Waals surface area contributed by atoms with Gasteiger partial charge in [0, 0.05) is 0 Å². The van der Waals surface area contributed by atoms with Gasteiger partial charge in [-0.05, 0) is 40.9 Å². The maximum Gasteiger partial charge on any atom is 0.306 e. The topological polar surface area (TPSA) is 57.5 Å². The molecule has 1 aromatic rings. The summed E-state index contributed by atoms with van der Waals surface area (Å²) in [4.78, 5) is 11.9. The van der Waals surface area contributed by atoms with Gasteiger partial charge in [0.15, 0.2) is 0 Å². The van der Waals surface area contributed by atoms with E-state index in [0.717, 1.165) is 36.0 Å². The van der Waals surface area contributed by atoms with Crippen molar-refractivity contribution in [2.45, 2.75) is 124 Å². The number of phenolic OH excluding ortho intramolecular Hbond substituents is 1. The van der Waals surface area contributed by atoms with E-state index in [0.29, 0.717) is 12.2 Å². The lowest BCUT2D eigenvalue weighted by Gasteiger charge is -2.25. The molecule has 1 aromatic carbocycles. The molecule has 0 aliphatic carbocycles. The van der Waals surface area contributed by atoms with Crippen molar-refractivity contribution in [1.82, 2.24) is 0 Å². The van der Waals surface area contributed by atoms with Crippen LogP contribution in [0.4, 0.5) is 0 Å². The summed E-state index contributed by atoms with van der Waals surface area (Å²) >= 11 is 0. The first kappa shape index (κ1) is 26.5. The molecule has 0 bridgehead atoms. The Morgan fingerprint density at radius 3 is 1.93 bits per heavy atom. The minimum absolute atomic E-state index is 0.181. The monoisotopic (exact) mass is 418 g/mol. The van der Waals surface area contributed by atoms with Crippen LogP contribution in [0.3, 0.4) is 0 Å². The summed E-state index contributed by atoms with van der Waals surface area (Å²) in [6.07, 6.45) is 12.5. The maximum absolute atomic E-state index is 11.9. The van der Waals surface area contributed by atoms with Crippen molar-refractivity contribution in [1.29, 1.82) is 0 Å². The van der Waals surface area contributed by atoms with E-state index in [1.807, 2.05) is 12.1 Å². The molecule has 0 spiro atoms. The lowest BCUT2D eigenvalue weighted by Crippen LogP contribution is -2.18. The summed E-state index contributed by atoms with van der Waals surface area (Å²) < 4.78 is 0. The number of rotatable bonds is 14. The van der Waals surface area contributed by atoms with Gasteiger partial charge in [0.25, 0.3) is 0 Å². The van der Waals surface area contributed by atoms with Crippen LogP contribution in [-0.2, 0) is 16.6 Å². The molecular weight excluding hydrogens is 372 g/mol. The second-order valence-corrected chi connectivity index (χ2v) is 10.3. The fourth-order valence-electron chi connectivity index (χ4n) is 4.15. The lowest BCUT2D eigenvalue weighted by molar-refractivity contribution is -0.142. The predicted molar refractivity (Wildman–Crippen MR) is 128 cm³/mol. The molecule has 0 saturated heterocycles. The first-order valence-electron chi connectivity index (χ1n) is 12.2. The quantitative estimate of drug-likeness (QED) is 0.301. The molecule has 0 saturated carbocycles. The minimum Gasteiger partial charge on any atom is -0.507 e. The van der Waals surface area contributed by atoms with E-state index >= 15 is 0 Å². The van der Waals surface area contributed by atoms with Crippen LogP contribution in [0.1, 0.15) is 128 Å². The molecule has 0 aliphatic rings. The highest BCUT2D eigenvalue weighted by atomic mass is 16.4. The van der Waals surface area contributed by atoms with Gasteiger partial charge in [-0.15, -0.1) is 0 Å². The Morgan fingerprint density at radius 2 is 1.47 bits per heavy atom. The fraction of sp³-hybridized carbons (Fsp3) is 0.741. The summed E-state index contributed by atoms with van der Waals surface area (Å²) in [5.74, 6) is -0.489. The number of phenols is 1. The molecule has 3 nitrogen and oxygen atoms in total. The number of benzene rings is 1. The Morgan fingerprint density at radius 1 is 0.933 bits per heavy atom. The molecule has 172 valence electrons. The Bertz CT molecular complexity index is 640. The van der Waals surface area contributed by atoms with Crippen molar-refractivity contribution in [3.63, 3.8) is 0 Å². The van der Waals surface area contributed by atoms with E-state index in [-0.39, 0.29) is 17.3 Å². The van der Waals surface area contributed by atoms with E-state index in [9.17, 15) is 15.0 Å². The molecule has 0 aliphatic heterocycles. The summed E-state index contributed by atoms with van der Waals surface area (Å²) in [6, 6.07) is 4.04. The first-order valence-corrected chi connectivity index (χ1v) is 12.2. The zero-order chi connectivity index (χ0) is 22.7. The van der Waals surface area contributed by atoms with E-state index in [1.165, 1.54) is 44.9 Å². The van der Waals surface area contributed by atoms with Crippen molar-refractivity contribution in [2.75, 3.05) is 0 Å². The third kappa shape index (κ3) is 9.10. The van der Waals surface area contributed by atoms with Crippen molar-refractivity contribution >= 4 is 5.97 Å². The molecule has 1 rings (SSSR count). The smallest absolute Gasteiger partial charge is 0.306 e. The predicted octanol–water partition coefficient (Wildman–Crippen LogP) is 7.98. The van der Waals surface area contributed by atoms with Gasteiger partial charge in [-0.2, -0.15) is 0 Å². The van der Waals surface area contributed by atoms with Gasteiger partial charge in [-0.25, -0.2) is 0 Å². The van der Waals surface area contributed by atoms with Gasteiger partial charge in [0.1, 0.15) is 5.75 Å². The van der Waals surface area contributed by atoms with Crippen LogP contribution in [0.5, 0.6) is 5.75 Å². The standard InChI is InChI=1S/C27H46O3/c1-7-8-9-10-11-12-13-14-15-16-22(26(29)30)17-21-18-23(20(2)3)25(28)24(19-21)27(4,5)6/h18-20,22,28H,7-17H2,1-6H3,(H,29,30). The maximum atomic E-state index is 11.9. The molecule has 2 N–H and O–H groups in total. The van der Waals surface area contributed by atoms with Crippen molar-refractivity contribution in [2.24, 2.45) is 5.92 Å². The van der Waals surface area contributed by atoms with E-state index < -0.39 is 5.97 Å². The third-order valence-corrected chi connectivity index (χ3v) is 6.12. The average Bonchev–Trinajstić information content (AvgIpc) is 2.65. The van der Waals surface area contributed by atoms with Gasteiger partial charge in [-0.3, -0.25) is 4.79 Å². The normalized spacial score (nSPS) is 13.0. The number of unbranched alkanes of at least 4 members (excludes halogenated alkanes) is 8. The zero-order valence-corrected chi connectivity index (χ0v) is 20.4. The number of aromatic hydroxyl groups is 1. The highest BCUT2D eigenvalue weighted by Crippen LogP contribution is 2.38. The summed E-state index contributed by atoms with van der Waals surface area (Å²) in [7, 11) is 0. The number of carboxylic acids is 1.